The van der Waals surface area contributed by atoms with Crippen LogP contribution in [0.4, 0.5) is 22.0 Å². The monoisotopic (exact) mass is 462 g/mol. The summed E-state index contributed by atoms with van der Waals surface area (Å²) in [6.07, 6.45) is 6.99. The summed E-state index contributed by atoms with van der Waals surface area (Å²) < 4.78 is 89.1. The molecular weight excluding hydrogens is 439 g/mol. The van der Waals surface area contributed by atoms with E-state index in [4.69, 9.17) is 0 Å². The Balaban J connectivity index is 0.00000212. The lowest BCUT2D eigenvalue weighted by atomic mass is 10.2. The lowest BCUT2D eigenvalue weighted by Gasteiger charge is -2.09. The first-order valence-electron chi connectivity index (χ1n) is 8.86. The molecule has 0 atom stereocenters. The molecule has 1 aromatic heterocycles. The second kappa shape index (κ2) is 12.1. The van der Waals surface area contributed by atoms with Gasteiger partial charge in [0.05, 0.1) is 4.90 Å². The SMILES string of the molecule is C#C.C/C=C(\C=C(\F)CF)c1nc(C(F)(F)F)cn1-c1ccc(S(C)(=O)=O)cc1.CC. The zero-order valence-corrected chi connectivity index (χ0v) is 18.2. The van der Waals surface area contributed by atoms with Crippen LogP contribution in [0, 0.1) is 12.8 Å². The Labute approximate surface area is 179 Å². The van der Waals surface area contributed by atoms with Gasteiger partial charge < -0.3 is 0 Å². The Morgan fingerprint density at radius 3 is 2.06 bits per heavy atom. The van der Waals surface area contributed by atoms with Crippen molar-refractivity contribution in [2.75, 3.05) is 12.9 Å². The molecular formula is C21H23F5N2O2S. The summed E-state index contributed by atoms with van der Waals surface area (Å²) in [4.78, 5) is 3.49. The smallest absolute Gasteiger partial charge is 0.299 e. The van der Waals surface area contributed by atoms with E-state index in [9.17, 15) is 30.4 Å². The number of hydrogen-bond donors (Lipinski definition) is 0. The summed E-state index contributed by atoms with van der Waals surface area (Å²) in [5.74, 6) is -1.43. The van der Waals surface area contributed by atoms with Crippen LogP contribution in [0.2, 0.25) is 0 Å². The maximum Gasteiger partial charge on any atom is 0.434 e. The summed E-state index contributed by atoms with van der Waals surface area (Å²) in [7, 11) is -3.49. The minimum absolute atomic E-state index is 0.0152. The Morgan fingerprint density at radius 2 is 1.68 bits per heavy atom. The zero-order chi connectivity index (χ0) is 24.4. The van der Waals surface area contributed by atoms with Gasteiger partial charge in [-0.05, 0) is 37.3 Å². The summed E-state index contributed by atoms with van der Waals surface area (Å²) >= 11 is 0. The van der Waals surface area contributed by atoms with Gasteiger partial charge in [-0.2, -0.15) is 13.2 Å². The molecule has 0 bridgehead atoms. The van der Waals surface area contributed by atoms with Crippen molar-refractivity contribution >= 4 is 15.4 Å². The van der Waals surface area contributed by atoms with Crippen LogP contribution in [0.25, 0.3) is 11.3 Å². The van der Waals surface area contributed by atoms with Crippen molar-refractivity contribution in [1.29, 1.82) is 0 Å². The van der Waals surface area contributed by atoms with E-state index >= 15 is 0 Å². The molecule has 1 aromatic carbocycles. The number of nitrogens with zero attached hydrogens (tertiary/aromatic N) is 2. The van der Waals surface area contributed by atoms with Gasteiger partial charge in [-0.3, -0.25) is 4.57 Å². The Kier molecular flexibility index (Phi) is 10.9. The van der Waals surface area contributed by atoms with E-state index < -0.39 is 34.2 Å². The van der Waals surface area contributed by atoms with Gasteiger partial charge in [0.15, 0.2) is 15.5 Å². The number of terminal acetylenes is 1. The van der Waals surface area contributed by atoms with Crippen LogP contribution < -0.4 is 0 Å². The molecule has 0 saturated heterocycles. The topological polar surface area (TPSA) is 52.0 Å². The van der Waals surface area contributed by atoms with Gasteiger partial charge in [0.25, 0.3) is 0 Å². The second-order valence-corrected chi connectivity index (χ2v) is 7.57. The first-order chi connectivity index (χ1) is 14.5. The predicted octanol–water partition coefficient (Wildman–Crippen LogP) is 5.80. The fourth-order valence-electron chi connectivity index (χ4n) is 2.26. The van der Waals surface area contributed by atoms with Crippen LogP contribution in [0.5, 0.6) is 0 Å². The first-order valence-corrected chi connectivity index (χ1v) is 10.8. The van der Waals surface area contributed by atoms with Crippen LogP contribution in [-0.4, -0.2) is 30.9 Å². The van der Waals surface area contributed by atoms with Crippen molar-refractivity contribution in [2.24, 2.45) is 0 Å². The number of imidazole rings is 1. The number of benzene rings is 1. The van der Waals surface area contributed by atoms with Crippen LogP contribution >= 0.6 is 0 Å². The van der Waals surface area contributed by atoms with E-state index in [1.807, 2.05) is 13.8 Å². The number of aromatic nitrogens is 2. The van der Waals surface area contributed by atoms with Crippen molar-refractivity contribution < 1.29 is 30.4 Å². The molecule has 0 amide bonds. The highest BCUT2D eigenvalue weighted by atomic mass is 32.2. The second-order valence-electron chi connectivity index (χ2n) is 5.55. The van der Waals surface area contributed by atoms with Gasteiger partial charge in [0.2, 0.25) is 0 Å². The normalized spacial score (nSPS) is 12.4. The minimum atomic E-state index is -4.76. The van der Waals surface area contributed by atoms with Gasteiger partial charge in [-0.1, -0.05) is 19.9 Å². The zero-order valence-electron chi connectivity index (χ0n) is 17.4. The Hall–Kier alpha value is -2.93. The predicted molar refractivity (Wildman–Crippen MR) is 112 cm³/mol. The number of halogens is 5. The highest BCUT2D eigenvalue weighted by molar-refractivity contribution is 7.90. The van der Waals surface area contributed by atoms with E-state index in [0.717, 1.165) is 16.9 Å². The average Bonchev–Trinajstić information content (AvgIpc) is 3.20. The largest absolute Gasteiger partial charge is 0.434 e. The summed E-state index contributed by atoms with van der Waals surface area (Å²) in [6, 6.07) is 5.05. The van der Waals surface area contributed by atoms with E-state index in [-0.39, 0.29) is 22.0 Å². The number of allylic oxidation sites excluding steroid dienone is 4. The molecule has 0 aliphatic heterocycles. The maximum absolute atomic E-state index is 13.3. The molecule has 10 heteroatoms. The highest BCUT2D eigenvalue weighted by Crippen LogP contribution is 2.32. The lowest BCUT2D eigenvalue weighted by molar-refractivity contribution is -0.140. The molecule has 0 radical (unpaired) electrons. The molecule has 0 saturated carbocycles. The molecule has 0 unspecified atom stereocenters. The molecule has 0 spiro atoms. The average molecular weight is 462 g/mol. The van der Waals surface area contributed by atoms with Crippen molar-refractivity contribution in [2.45, 2.75) is 31.8 Å². The van der Waals surface area contributed by atoms with Crippen LogP contribution in [-0.2, 0) is 16.0 Å². The number of alkyl halides is 4. The van der Waals surface area contributed by atoms with E-state index in [1.54, 1.807) is 0 Å². The molecule has 31 heavy (non-hydrogen) atoms. The molecule has 4 nitrogen and oxygen atoms in total. The molecule has 170 valence electrons. The number of rotatable bonds is 5. The molecule has 2 aromatic rings. The molecule has 2 rings (SSSR count). The van der Waals surface area contributed by atoms with Gasteiger partial charge in [0.1, 0.15) is 18.3 Å². The third-order valence-electron chi connectivity index (χ3n) is 3.55. The van der Waals surface area contributed by atoms with E-state index in [2.05, 4.69) is 17.8 Å². The van der Waals surface area contributed by atoms with Gasteiger partial charge in [-0.15, -0.1) is 12.8 Å². The van der Waals surface area contributed by atoms with Crippen LogP contribution in [0.1, 0.15) is 32.3 Å². The molecule has 0 aliphatic rings. The van der Waals surface area contributed by atoms with Gasteiger partial charge in [-0.25, -0.2) is 22.2 Å². The maximum atomic E-state index is 13.3. The van der Waals surface area contributed by atoms with Crippen molar-refractivity contribution in [3.05, 3.63) is 60.0 Å². The molecule has 0 N–H and O–H groups in total. The molecule has 0 fully saturated rings. The van der Waals surface area contributed by atoms with Crippen molar-refractivity contribution in [1.82, 2.24) is 9.55 Å². The van der Waals surface area contributed by atoms with E-state index in [1.165, 1.54) is 37.3 Å². The Bertz CT molecular complexity index is 1030. The summed E-state index contributed by atoms with van der Waals surface area (Å²) in [5, 5.41) is 0. The summed E-state index contributed by atoms with van der Waals surface area (Å²) in [5.41, 5.74) is -1.11. The molecule has 1 heterocycles. The van der Waals surface area contributed by atoms with Crippen LogP contribution in [0.3, 0.4) is 0 Å². The quantitative estimate of drug-likeness (QED) is 0.321. The summed E-state index contributed by atoms with van der Waals surface area (Å²) in [6.45, 7) is 4.03. The Morgan fingerprint density at radius 1 is 1.16 bits per heavy atom. The van der Waals surface area contributed by atoms with Crippen molar-refractivity contribution in [3.63, 3.8) is 0 Å². The number of sulfone groups is 1. The minimum Gasteiger partial charge on any atom is -0.299 e. The van der Waals surface area contributed by atoms with Gasteiger partial charge in [0, 0.05) is 23.7 Å². The highest BCUT2D eigenvalue weighted by Gasteiger charge is 2.35. The molecule has 0 aliphatic carbocycles. The fraction of sp³-hybridized carbons (Fsp3) is 0.286. The standard InChI is InChI=1S/C17H15F5N2O2S.C2H6.C2H2/c1-3-11(8-12(19)9-18)16-23-15(17(20,21)22)10-24(16)13-4-6-14(7-5-13)27(2,25)26;2*1-2/h3-8,10H,9H2,1-2H3;1-2H3;1-2H/b11-3+,12-8+;;. The van der Waals surface area contributed by atoms with Crippen LogP contribution in [0.15, 0.2) is 53.3 Å². The fourth-order valence-corrected chi connectivity index (χ4v) is 2.89. The van der Waals surface area contributed by atoms with Gasteiger partial charge >= 0.3 is 6.18 Å². The third-order valence-corrected chi connectivity index (χ3v) is 4.68. The van der Waals surface area contributed by atoms with E-state index in [0.29, 0.717) is 6.20 Å². The van der Waals surface area contributed by atoms with Crippen molar-refractivity contribution in [3.8, 4) is 18.5 Å². The third kappa shape index (κ3) is 7.68. The lowest BCUT2D eigenvalue weighted by Crippen LogP contribution is -2.05. The first kappa shape index (κ1) is 28.1. The number of hydrogen-bond acceptors (Lipinski definition) is 3.